The molecule has 3 atom stereocenters. The second kappa shape index (κ2) is 9.82. The highest BCUT2D eigenvalue weighted by Gasteiger charge is 2.49. The number of nitrogens with zero attached hydrogens (tertiary/aromatic N) is 3. The van der Waals surface area contributed by atoms with Gasteiger partial charge in [-0.15, -0.1) is 0 Å². The summed E-state index contributed by atoms with van der Waals surface area (Å²) in [5.41, 5.74) is 6.81. The second-order valence-corrected chi connectivity index (χ2v) is 11.3. The van der Waals surface area contributed by atoms with Gasteiger partial charge in [0.2, 0.25) is 5.91 Å². The molecule has 188 valence electrons. The van der Waals surface area contributed by atoms with Crippen LogP contribution in [0.15, 0.2) is 36.2 Å². The van der Waals surface area contributed by atoms with Gasteiger partial charge in [0, 0.05) is 44.3 Å². The summed E-state index contributed by atoms with van der Waals surface area (Å²) in [6, 6.07) is 7.69. The zero-order valence-electron chi connectivity index (χ0n) is 21.4. The number of nitrogens with one attached hydrogen (secondary N) is 1. The number of hydrogen-bond acceptors (Lipinski definition) is 6. The van der Waals surface area contributed by atoms with Crippen LogP contribution in [0.4, 0.5) is 0 Å². The van der Waals surface area contributed by atoms with Crippen LogP contribution in [0.5, 0.6) is 0 Å². The molecule has 0 aromatic heterocycles. The van der Waals surface area contributed by atoms with Crippen molar-refractivity contribution in [2.45, 2.75) is 77.6 Å². The molecule has 0 spiro atoms. The zero-order valence-corrected chi connectivity index (χ0v) is 21.4. The number of rotatable bonds is 7. The highest BCUT2D eigenvalue weighted by molar-refractivity contribution is 5.89. The highest BCUT2D eigenvalue weighted by atomic mass is 16.3. The summed E-state index contributed by atoms with van der Waals surface area (Å²) >= 11 is 0. The normalized spacial score (nSPS) is 21.9. The van der Waals surface area contributed by atoms with E-state index in [9.17, 15) is 20.0 Å². The molecule has 0 radical (unpaired) electrons. The molecule has 3 rings (SSSR count). The Morgan fingerprint density at radius 1 is 1.31 bits per heavy atom. The minimum atomic E-state index is -0.843. The number of amides is 2. The van der Waals surface area contributed by atoms with Gasteiger partial charge in [-0.3, -0.25) is 4.79 Å². The lowest BCUT2D eigenvalue weighted by molar-refractivity contribution is -0.529. The minimum Gasteiger partial charge on any atom is -0.401 e. The third kappa shape index (κ3) is 5.73. The molecule has 1 aliphatic carbocycles. The van der Waals surface area contributed by atoms with Crippen molar-refractivity contribution in [1.29, 1.82) is 5.26 Å². The summed E-state index contributed by atoms with van der Waals surface area (Å²) in [6.07, 6.45) is 3.16. The molecule has 4 N–H and O–H groups in total. The predicted molar refractivity (Wildman–Crippen MR) is 134 cm³/mol. The van der Waals surface area contributed by atoms with Gasteiger partial charge in [0.15, 0.2) is 11.6 Å². The molecule has 1 heterocycles. The third-order valence-corrected chi connectivity index (χ3v) is 7.06. The molecule has 1 saturated carbocycles. The largest absolute Gasteiger partial charge is 0.409 e. The lowest BCUT2D eigenvalue weighted by atomic mass is 9.85. The molecule has 0 bridgehead atoms. The summed E-state index contributed by atoms with van der Waals surface area (Å²) in [4.78, 5) is 28.9. The van der Waals surface area contributed by atoms with Gasteiger partial charge in [-0.05, 0) is 36.3 Å². The van der Waals surface area contributed by atoms with Crippen LogP contribution in [0.3, 0.4) is 0 Å². The van der Waals surface area contributed by atoms with E-state index >= 15 is 0 Å². The maximum atomic E-state index is 13.7. The number of benzene rings is 1. The Morgan fingerprint density at radius 2 is 1.97 bits per heavy atom. The van der Waals surface area contributed by atoms with Crippen LogP contribution >= 0.6 is 0 Å². The summed E-state index contributed by atoms with van der Waals surface area (Å²) < 4.78 is 1.36. The molecule has 8 nitrogen and oxygen atoms in total. The van der Waals surface area contributed by atoms with E-state index in [4.69, 9.17) is 5.73 Å². The van der Waals surface area contributed by atoms with Crippen molar-refractivity contribution in [3.63, 3.8) is 0 Å². The molecule has 1 aliphatic heterocycles. The first-order valence-electron chi connectivity index (χ1n) is 12.1. The Bertz CT molecular complexity index is 1080. The minimum absolute atomic E-state index is 0.0729. The first kappa shape index (κ1) is 26.4. The van der Waals surface area contributed by atoms with Crippen molar-refractivity contribution in [3.8, 4) is 6.07 Å². The molecular weight excluding hydrogens is 442 g/mol. The molecule has 1 aromatic carbocycles. The summed E-state index contributed by atoms with van der Waals surface area (Å²) in [5.74, 6) is -0.254. The van der Waals surface area contributed by atoms with Crippen LogP contribution in [-0.2, 0) is 15.1 Å². The van der Waals surface area contributed by atoms with Gasteiger partial charge >= 0.3 is 5.91 Å². The fourth-order valence-corrected chi connectivity index (χ4v) is 4.44. The number of carbonyl (C=O) groups is 2. The Hall–Kier alpha value is -3.18. The maximum Gasteiger partial charge on any atom is 0.409 e. The van der Waals surface area contributed by atoms with E-state index in [1.54, 1.807) is 24.4 Å². The van der Waals surface area contributed by atoms with Crippen molar-refractivity contribution >= 4 is 18.5 Å². The van der Waals surface area contributed by atoms with Gasteiger partial charge in [0.25, 0.3) is 0 Å². The van der Waals surface area contributed by atoms with Crippen molar-refractivity contribution in [2.24, 2.45) is 17.1 Å². The van der Waals surface area contributed by atoms with Gasteiger partial charge < -0.3 is 21.1 Å². The lowest BCUT2D eigenvalue weighted by Gasteiger charge is -2.35. The number of allylic oxidation sites excluding steroid dienone is 1. The fraction of sp³-hybridized carbons (Fsp3) is 0.556. The predicted octanol–water partition coefficient (Wildman–Crippen LogP) is 2.21. The molecule has 1 aromatic rings. The molecule has 35 heavy (non-hydrogen) atoms. The van der Waals surface area contributed by atoms with Gasteiger partial charge in [-0.25, -0.2) is 4.79 Å². The highest BCUT2D eigenvalue weighted by Crippen LogP contribution is 2.34. The fourth-order valence-electron chi connectivity index (χ4n) is 4.44. The Balaban J connectivity index is 1.85. The van der Waals surface area contributed by atoms with E-state index in [0.717, 1.165) is 24.1 Å². The monoisotopic (exact) mass is 480 g/mol. The molecular formula is C27H38N5O3+. The summed E-state index contributed by atoms with van der Waals surface area (Å²) in [5, 5.41) is 22.9. The zero-order chi connectivity index (χ0) is 26.1. The van der Waals surface area contributed by atoms with Crippen LogP contribution < -0.4 is 11.1 Å². The maximum absolute atomic E-state index is 13.7. The molecule has 2 amide bonds. The molecule has 2 aliphatic rings. The second-order valence-electron chi connectivity index (χ2n) is 11.3. The van der Waals surface area contributed by atoms with Crippen molar-refractivity contribution in [1.82, 2.24) is 10.2 Å². The number of aliphatic hydroxyl groups is 1. The van der Waals surface area contributed by atoms with Gasteiger partial charge in [0.05, 0.1) is 17.7 Å². The van der Waals surface area contributed by atoms with Crippen LogP contribution in [0, 0.1) is 22.7 Å². The Morgan fingerprint density at radius 3 is 2.54 bits per heavy atom. The van der Waals surface area contributed by atoms with Crippen LogP contribution in [-0.4, -0.2) is 57.8 Å². The molecule has 2 fully saturated rings. The average molecular weight is 481 g/mol. The van der Waals surface area contributed by atoms with Gasteiger partial charge in [-0.1, -0.05) is 32.9 Å². The molecule has 1 saturated heterocycles. The van der Waals surface area contributed by atoms with Crippen molar-refractivity contribution in [2.75, 3.05) is 6.54 Å². The van der Waals surface area contributed by atoms with Gasteiger partial charge in [-0.2, -0.15) is 9.84 Å². The van der Waals surface area contributed by atoms with Crippen LogP contribution in [0.2, 0.25) is 0 Å². The first-order valence-corrected chi connectivity index (χ1v) is 12.1. The van der Waals surface area contributed by atoms with E-state index in [2.05, 4.69) is 18.1 Å². The van der Waals surface area contributed by atoms with Crippen molar-refractivity contribution in [3.05, 3.63) is 47.3 Å². The third-order valence-electron chi connectivity index (χ3n) is 7.06. The number of likely N-dealkylation sites (tertiary alicyclic amines) is 1. The SMILES string of the molecule is C=[N+](C(=O)C1CC(O)CN1C(=O)C(N/C=C(\N)C1CC1)C(C)(C)C)C(C)(C)c1cccc(C#N)c1. The Kier molecular flexibility index (Phi) is 7.42. The Labute approximate surface area is 208 Å². The van der Waals surface area contributed by atoms with Crippen LogP contribution in [0.25, 0.3) is 0 Å². The molecule has 8 heteroatoms. The van der Waals surface area contributed by atoms with Gasteiger partial charge in [0.1, 0.15) is 12.8 Å². The number of carbonyl (C=O) groups excluding carboxylic acids is 2. The summed E-state index contributed by atoms with van der Waals surface area (Å²) in [7, 11) is 0. The average Bonchev–Trinajstić information content (AvgIpc) is 3.58. The van der Waals surface area contributed by atoms with E-state index in [0.29, 0.717) is 11.5 Å². The number of nitriles is 1. The van der Waals surface area contributed by atoms with E-state index in [1.165, 1.54) is 9.48 Å². The van der Waals surface area contributed by atoms with Crippen molar-refractivity contribution < 1.29 is 19.3 Å². The van der Waals surface area contributed by atoms with E-state index in [1.807, 2.05) is 40.7 Å². The van der Waals surface area contributed by atoms with E-state index < -0.39 is 29.1 Å². The topological polar surface area (TPSA) is 122 Å². The van der Waals surface area contributed by atoms with Crippen LogP contribution in [0.1, 0.15) is 65.0 Å². The quantitative estimate of drug-likeness (QED) is 0.406. The first-order chi connectivity index (χ1) is 16.3. The summed E-state index contributed by atoms with van der Waals surface area (Å²) in [6.45, 7) is 13.6. The number of β-amino-alcohol motifs (C(OH)–C–C–N with tert-alkyl or cyclic N) is 1. The standard InChI is InChI=1S/C27H38N5O3/c1-26(2,3)23(30-15-21(29)18-10-11-18)25(35)32-16-20(33)13-22(32)24(34)31(6)27(4,5)19-9-7-8-17(12-19)14-28/h7-9,12,15,18,20,22-23,30,33H,6,10-11,13,16,29H2,1-5H3/q+1/b21-15-. The number of nitrogens with two attached hydrogens (primary N) is 1. The smallest absolute Gasteiger partial charge is 0.401 e. The lowest BCUT2D eigenvalue weighted by Crippen LogP contribution is -2.56. The number of hydrogen-bond donors (Lipinski definition) is 3. The number of aliphatic hydroxyl groups excluding tert-OH is 1. The molecule has 3 unspecified atom stereocenters. The van der Waals surface area contributed by atoms with E-state index in [-0.39, 0.29) is 24.8 Å².